The summed E-state index contributed by atoms with van der Waals surface area (Å²) >= 11 is 1.66. The van der Waals surface area contributed by atoms with Crippen molar-refractivity contribution in [1.82, 2.24) is 15.0 Å². The highest BCUT2D eigenvalue weighted by atomic mass is 32.1. The maximum absolute atomic E-state index is 5.38. The van der Waals surface area contributed by atoms with Gasteiger partial charge in [0.2, 0.25) is 0 Å². The quantitative estimate of drug-likeness (QED) is 0.563. The highest BCUT2D eigenvalue weighted by Crippen LogP contribution is 2.21. The molecule has 0 bridgehead atoms. The van der Waals surface area contributed by atoms with Crippen LogP contribution < -0.4 is 16.6 Å². The van der Waals surface area contributed by atoms with Crippen molar-refractivity contribution in [3.63, 3.8) is 0 Å². The lowest BCUT2D eigenvalue weighted by molar-refractivity contribution is 0.790. The number of aromatic nitrogens is 3. The Morgan fingerprint density at radius 3 is 2.78 bits per heavy atom. The molecule has 0 saturated carbocycles. The first-order valence-corrected chi connectivity index (χ1v) is 6.51. The van der Waals surface area contributed by atoms with E-state index in [1.807, 2.05) is 18.5 Å². The van der Waals surface area contributed by atoms with Crippen LogP contribution in [0.1, 0.15) is 23.4 Å². The fourth-order valence-electron chi connectivity index (χ4n) is 1.59. The SMILES string of the molecule is Cc1c(NN)ncnc1NCC(C)c1nccs1. The lowest BCUT2D eigenvalue weighted by atomic mass is 10.2. The zero-order valence-electron chi connectivity index (χ0n) is 10.3. The molecule has 0 spiro atoms. The van der Waals surface area contributed by atoms with Crippen LogP contribution in [0.15, 0.2) is 17.9 Å². The van der Waals surface area contributed by atoms with E-state index in [4.69, 9.17) is 5.84 Å². The van der Waals surface area contributed by atoms with Gasteiger partial charge in [0.25, 0.3) is 0 Å². The van der Waals surface area contributed by atoms with E-state index in [1.54, 1.807) is 11.3 Å². The van der Waals surface area contributed by atoms with Gasteiger partial charge in [-0.2, -0.15) is 0 Å². The molecule has 0 radical (unpaired) electrons. The van der Waals surface area contributed by atoms with Crippen molar-refractivity contribution in [3.05, 3.63) is 28.5 Å². The van der Waals surface area contributed by atoms with E-state index in [-0.39, 0.29) is 0 Å². The van der Waals surface area contributed by atoms with Crippen LogP contribution in [0, 0.1) is 6.92 Å². The number of anilines is 2. The second-order valence-electron chi connectivity index (χ2n) is 3.99. The minimum absolute atomic E-state index is 0.341. The molecular weight excluding hydrogens is 248 g/mol. The molecule has 96 valence electrons. The summed E-state index contributed by atoms with van der Waals surface area (Å²) < 4.78 is 0. The number of nitrogens with one attached hydrogen (secondary N) is 2. The molecule has 1 unspecified atom stereocenters. The predicted octanol–water partition coefficient (Wildman–Crippen LogP) is 1.74. The molecule has 0 aliphatic carbocycles. The van der Waals surface area contributed by atoms with Crippen molar-refractivity contribution < 1.29 is 0 Å². The number of hydrogen-bond acceptors (Lipinski definition) is 7. The Labute approximate surface area is 110 Å². The molecule has 4 N–H and O–H groups in total. The average Bonchev–Trinajstić information content (AvgIpc) is 2.91. The van der Waals surface area contributed by atoms with Gasteiger partial charge in [-0.05, 0) is 6.92 Å². The highest BCUT2D eigenvalue weighted by Gasteiger charge is 2.10. The van der Waals surface area contributed by atoms with E-state index in [2.05, 4.69) is 32.6 Å². The summed E-state index contributed by atoms with van der Waals surface area (Å²) in [6.07, 6.45) is 3.31. The van der Waals surface area contributed by atoms with Gasteiger partial charge >= 0.3 is 0 Å². The molecule has 0 aliphatic rings. The lowest BCUT2D eigenvalue weighted by Gasteiger charge is -2.13. The van der Waals surface area contributed by atoms with Crippen LogP contribution in [-0.2, 0) is 0 Å². The molecule has 0 aromatic carbocycles. The Morgan fingerprint density at radius 2 is 2.11 bits per heavy atom. The topological polar surface area (TPSA) is 88.8 Å². The fourth-order valence-corrected chi connectivity index (χ4v) is 2.29. The third-order valence-electron chi connectivity index (χ3n) is 2.67. The minimum Gasteiger partial charge on any atom is -0.369 e. The van der Waals surface area contributed by atoms with Crippen LogP contribution in [0.25, 0.3) is 0 Å². The number of hydrazine groups is 1. The summed E-state index contributed by atoms with van der Waals surface area (Å²) in [5.41, 5.74) is 3.46. The molecule has 18 heavy (non-hydrogen) atoms. The standard InChI is InChI=1S/C11H16N6S/c1-7(11-13-3-4-18-11)5-14-9-8(2)10(17-12)16-6-15-9/h3-4,6-7H,5,12H2,1-2H3,(H2,14,15,16,17). The Bertz CT molecular complexity index is 498. The number of thiazole rings is 1. The normalized spacial score (nSPS) is 12.2. The largest absolute Gasteiger partial charge is 0.369 e. The van der Waals surface area contributed by atoms with Gasteiger partial charge in [-0.3, -0.25) is 0 Å². The van der Waals surface area contributed by atoms with E-state index in [1.165, 1.54) is 6.33 Å². The van der Waals surface area contributed by atoms with E-state index >= 15 is 0 Å². The Kier molecular flexibility index (Phi) is 4.06. The van der Waals surface area contributed by atoms with Gasteiger partial charge < -0.3 is 10.7 Å². The van der Waals surface area contributed by atoms with Crippen LogP contribution in [0.5, 0.6) is 0 Å². The molecule has 0 aliphatic heterocycles. The Hall–Kier alpha value is -1.73. The third kappa shape index (κ3) is 2.74. The van der Waals surface area contributed by atoms with E-state index in [0.717, 1.165) is 22.9 Å². The summed E-state index contributed by atoms with van der Waals surface area (Å²) in [7, 11) is 0. The third-order valence-corrected chi connectivity index (χ3v) is 3.68. The van der Waals surface area contributed by atoms with E-state index in [0.29, 0.717) is 11.7 Å². The zero-order valence-corrected chi connectivity index (χ0v) is 11.2. The molecule has 2 aromatic rings. The van der Waals surface area contributed by atoms with Crippen molar-refractivity contribution in [2.75, 3.05) is 17.3 Å². The second kappa shape index (κ2) is 5.74. The molecule has 0 amide bonds. The summed E-state index contributed by atoms with van der Waals surface area (Å²) in [6.45, 7) is 4.82. The van der Waals surface area contributed by atoms with Crippen LogP contribution >= 0.6 is 11.3 Å². The van der Waals surface area contributed by atoms with Gasteiger partial charge in [-0.1, -0.05) is 6.92 Å². The van der Waals surface area contributed by atoms with Crippen molar-refractivity contribution >= 4 is 23.0 Å². The predicted molar refractivity (Wildman–Crippen MR) is 73.6 cm³/mol. The van der Waals surface area contributed by atoms with Crippen molar-refractivity contribution in [2.24, 2.45) is 5.84 Å². The van der Waals surface area contributed by atoms with Gasteiger partial charge in [-0.25, -0.2) is 20.8 Å². The lowest BCUT2D eigenvalue weighted by Crippen LogP contribution is -2.15. The molecule has 0 saturated heterocycles. The molecule has 0 fully saturated rings. The molecule has 2 aromatic heterocycles. The number of nitrogen functional groups attached to an aromatic ring is 1. The molecule has 1 atom stereocenters. The van der Waals surface area contributed by atoms with E-state index in [9.17, 15) is 0 Å². The van der Waals surface area contributed by atoms with Crippen molar-refractivity contribution in [1.29, 1.82) is 0 Å². The van der Waals surface area contributed by atoms with Crippen molar-refractivity contribution in [2.45, 2.75) is 19.8 Å². The summed E-state index contributed by atoms with van der Waals surface area (Å²) in [6, 6.07) is 0. The zero-order chi connectivity index (χ0) is 13.0. The smallest absolute Gasteiger partial charge is 0.148 e. The van der Waals surface area contributed by atoms with Gasteiger partial charge in [0.05, 0.1) is 5.01 Å². The number of nitrogens with two attached hydrogens (primary N) is 1. The van der Waals surface area contributed by atoms with Gasteiger partial charge in [-0.15, -0.1) is 11.3 Å². The molecule has 2 heterocycles. The maximum atomic E-state index is 5.38. The van der Waals surface area contributed by atoms with Crippen LogP contribution in [0.2, 0.25) is 0 Å². The summed E-state index contributed by atoms with van der Waals surface area (Å²) in [4.78, 5) is 12.5. The van der Waals surface area contributed by atoms with E-state index < -0.39 is 0 Å². The first-order valence-electron chi connectivity index (χ1n) is 5.64. The van der Waals surface area contributed by atoms with Crippen molar-refractivity contribution in [3.8, 4) is 0 Å². The first kappa shape index (κ1) is 12.7. The molecule has 7 heteroatoms. The Balaban J connectivity index is 2.02. The second-order valence-corrected chi connectivity index (χ2v) is 4.92. The fraction of sp³-hybridized carbons (Fsp3) is 0.364. The highest BCUT2D eigenvalue weighted by molar-refractivity contribution is 7.09. The van der Waals surface area contributed by atoms with Crippen LogP contribution in [0.3, 0.4) is 0 Å². The summed E-state index contributed by atoms with van der Waals surface area (Å²) in [5, 5.41) is 6.40. The molecular formula is C11H16N6S. The number of hydrogen-bond donors (Lipinski definition) is 3. The summed E-state index contributed by atoms with van der Waals surface area (Å²) in [5.74, 6) is 7.14. The van der Waals surface area contributed by atoms with Gasteiger partial charge in [0.1, 0.15) is 18.0 Å². The van der Waals surface area contributed by atoms with Gasteiger partial charge in [0, 0.05) is 29.6 Å². The Morgan fingerprint density at radius 1 is 1.33 bits per heavy atom. The molecule has 2 rings (SSSR count). The number of nitrogens with zero attached hydrogens (tertiary/aromatic N) is 3. The molecule has 6 nitrogen and oxygen atoms in total. The van der Waals surface area contributed by atoms with Crippen LogP contribution in [-0.4, -0.2) is 21.5 Å². The maximum Gasteiger partial charge on any atom is 0.148 e. The monoisotopic (exact) mass is 264 g/mol. The average molecular weight is 264 g/mol. The van der Waals surface area contributed by atoms with Gasteiger partial charge in [0.15, 0.2) is 0 Å². The minimum atomic E-state index is 0.341. The van der Waals surface area contributed by atoms with Crippen LogP contribution in [0.4, 0.5) is 11.6 Å². The first-order chi connectivity index (χ1) is 8.72. The number of rotatable bonds is 5.